The summed E-state index contributed by atoms with van der Waals surface area (Å²) in [5.74, 6) is 0.135. The molecule has 4 heteroatoms. The van der Waals surface area contributed by atoms with Crippen molar-refractivity contribution >= 4 is 5.78 Å². The van der Waals surface area contributed by atoms with E-state index in [0.29, 0.717) is 6.42 Å². The highest BCUT2D eigenvalue weighted by atomic mass is 19.4. The van der Waals surface area contributed by atoms with E-state index in [1.807, 2.05) is 27.7 Å². The minimum atomic E-state index is -4.32. The highest BCUT2D eigenvalue weighted by molar-refractivity contribution is 5.83. The van der Waals surface area contributed by atoms with Crippen molar-refractivity contribution in [2.24, 2.45) is 17.8 Å². The topological polar surface area (TPSA) is 17.1 Å². The molecule has 1 unspecified atom stereocenters. The number of carbonyl (C=O) groups is 1. The molecule has 20 heavy (non-hydrogen) atoms. The van der Waals surface area contributed by atoms with Gasteiger partial charge in [0, 0.05) is 11.8 Å². The molecule has 0 heterocycles. The lowest BCUT2D eigenvalue weighted by Crippen LogP contribution is -2.26. The van der Waals surface area contributed by atoms with Crippen molar-refractivity contribution in [2.45, 2.75) is 40.3 Å². The Kier molecular flexibility index (Phi) is 5.37. The zero-order valence-corrected chi connectivity index (χ0v) is 12.3. The molecule has 1 aromatic carbocycles. The standard InChI is InChI=1S/C16H21F3O/c1-10(2)14(15(20)11(3)4)9-12-5-7-13(8-6-12)16(17,18)19/h5-8,10-11,14H,9H2,1-4H3. The van der Waals surface area contributed by atoms with E-state index < -0.39 is 11.7 Å². The quantitative estimate of drug-likeness (QED) is 0.763. The van der Waals surface area contributed by atoms with Crippen molar-refractivity contribution in [3.05, 3.63) is 35.4 Å². The van der Waals surface area contributed by atoms with Crippen LogP contribution in [-0.4, -0.2) is 5.78 Å². The van der Waals surface area contributed by atoms with Crippen LogP contribution in [0, 0.1) is 17.8 Å². The Hall–Kier alpha value is -1.32. The molecule has 0 aliphatic carbocycles. The summed E-state index contributed by atoms with van der Waals surface area (Å²) in [6.45, 7) is 7.64. The molecule has 0 amide bonds. The highest BCUT2D eigenvalue weighted by Crippen LogP contribution is 2.30. The number of halogens is 3. The molecule has 0 radical (unpaired) electrons. The van der Waals surface area contributed by atoms with Crippen LogP contribution in [0.3, 0.4) is 0 Å². The number of carbonyl (C=O) groups excluding carboxylic acids is 1. The molecule has 0 N–H and O–H groups in total. The molecular formula is C16H21F3O. The third-order valence-electron chi connectivity index (χ3n) is 3.48. The van der Waals surface area contributed by atoms with Gasteiger partial charge in [0.05, 0.1) is 5.56 Å². The summed E-state index contributed by atoms with van der Waals surface area (Å²) in [5.41, 5.74) is 0.114. The predicted octanol–water partition coefficient (Wildman–Crippen LogP) is 4.75. The molecule has 0 saturated carbocycles. The van der Waals surface area contributed by atoms with Crippen molar-refractivity contribution in [1.82, 2.24) is 0 Å². The summed E-state index contributed by atoms with van der Waals surface area (Å²) in [6, 6.07) is 5.08. The van der Waals surface area contributed by atoms with Crippen molar-refractivity contribution in [1.29, 1.82) is 0 Å². The van der Waals surface area contributed by atoms with E-state index in [1.165, 1.54) is 12.1 Å². The molecule has 0 bridgehead atoms. The van der Waals surface area contributed by atoms with E-state index >= 15 is 0 Å². The molecular weight excluding hydrogens is 265 g/mol. The second-order valence-electron chi connectivity index (χ2n) is 5.81. The van der Waals surface area contributed by atoms with Crippen LogP contribution in [-0.2, 0) is 17.4 Å². The summed E-state index contributed by atoms with van der Waals surface area (Å²) >= 11 is 0. The van der Waals surface area contributed by atoms with Crippen LogP contribution >= 0.6 is 0 Å². The second kappa shape index (κ2) is 6.42. The zero-order chi connectivity index (χ0) is 15.5. The summed E-state index contributed by atoms with van der Waals surface area (Å²) < 4.78 is 37.5. The molecule has 0 aliphatic heterocycles. The van der Waals surface area contributed by atoms with Crippen molar-refractivity contribution < 1.29 is 18.0 Å². The molecule has 1 atom stereocenters. The molecule has 0 aromatic heterocycles. The maximum absolute atomic E-state index is 12.5. The van der Waals surface area contributed by atoms with Crippen LogP contribution in [0.5, 0.6) is 0 Å². The van der Waals surface area contributed by atoms with Gasteiger partial charge >= 0.3 is 6.18 Å². The smallest absolute Gasteiger partial charge is 0.299 e. The number of rotatable bonds is 5. The first kappa shape index (κ1) is 16.7. The molecule has 1 nitrogen and oxygen atoms in total. The number of alkyl halides is 3. The van der Waals surface area contributed by atoms with Gasteiger partial charge in [-0.1, -0.05) is 39.8 Å². The molecule has 112 valence electrons. The third-order valence-corrected chi connectivity index (χ3v) is 3.48. The van der Waals surface area contributed by atoms with Gasteiger partial charge in [0.15, 0.2) is 0 Å². The maximum atomic E-state index is 12.5. The van der Waals surface area contributed by atoms with Gasteiger partial charge in [-0.3, -0.25) is 4.79 Å². The maximum Gasteiger partial charge on any atom is 0.416 e. The first-order chi connectivity index (χ1) is 9.12. The van der Waals surface area contributed by atoms with Crippen LogP contribution in [0.1, 0.15) is 38.8 Å². The van der Waals surface area contributed by atoms with Crippen LogP contribution in [0.25, 0.3) is 0 Å². The monoisotopic (exact) mass is 286 g/mol. The van der Waals surface area contributed by atoms with E-state index in [9.17, 15) is 18.0 Å². The van der Waals surface area contributed by atoms with E-state index in [0.717, 1.165) is 17.7 Å². The van der Waals surface area contributed by atoms with Gasteiger partial charge in [0.2, 0.25) is 0 Å². The van der Waals surface area contributed by atoms with Crippen molar-refractivity contribution in [3.8, 4) is 0 Å². The third kappa shape index (κ3) is 4.36. The number of hydrogen-bond donors (Lipinski definition) is 0. The van der Waals surface area contributed by atoms with Gasteiger partial charge in [-0.2, -0.15) is 13.2 Å². The Morgan fingerprint density at radius 2 is 1.55 bits per heavy atom. The Morgan fingerprint density at radius 1 is 1.05 bits per heavy atom. The van der Waals surface area contributed by atoms with E-state index in [2.05, 4.69) is 0 Å². The fraction of sp³-hybridized carbons (Fsp3) is 0.562. The molecule has 0 spiro atoms. The first-order valence-electron chi connectivity index (χ1n) is 6.82. The number of ketones is 1. The number of Topliss-reactive ketones (excluding diaryl/α,β-unsaturated/α-hetero) is 1. The fourth-order valence-corrected chi connectivity index (χ4v) is 2.18. The minimum Gasteiger partial charge on any atom is -0.299 e. The van der Waals surface area contributed by atoms with E-state index in [1.54, 1.807) is 0 Å². The first-order valence-corrected chi connectivity index (χ1v) is 6.82. The molecule has 1 rings (SSSR count). The van der Waals surface area contributed by atoms with Gasteiger partial charge < -0.3 is 0 Å². The zero-order valence-electron chi connectivity index (χ0n) is 12.3. The van der Waals surface area contributed by atoms with Crippen molar-refractivity contribution in [2.75, 3.05) is 0 Å². The lowest BCUT2D eigenvalue weighted by molar-refractivity contribution is -0.137. The average Bonchev–Trinajstić information content (AvgIpc) is 2.34. The summed E-state index contributed by atoms with van der Waals surface area (Å²) in [7, 11) is 0. The Balaban J connectivity index is 2.88. The minimum absolute atomic E-state index is 0.0585. The van der Waals surface area contributed by atoms with Crippen molar-refractivity contribution in [3.63, 3.8) is 0 Å². The summed E-state index contributed by atoms with van der Waals surface area (Å²) in [6.07, 6.45) is -3.82. The van der Waals surface area contributed by atoms with Crippen LogP contribution in [0.15, 0.2) is 24.3 Å². The Labute approximate surface area is 118 Å². The fourth-order valence-electron chi connectivity index (χ4n) is 2.18. The largest absolute Gasteiger partial charge is 0.416 e. The second-order valence-corrected chi connectivity index (χ2v) is 5.81. The van der Waals surface area contributed by atoms with Gasteiger partial charge in [0.25, 0.3) is 0 Å². The van der Waals surface area contributed by atoms with Crippen LogP contribution < -0.4 is 0 Å². The highest BCUT2D eigenvalue weighted by Gasteiger charge is 2.30. The van der Waals surface area contributed by atoms with Gasteiger partial charge in [-0.15, -0.1) is 0 Å². The molecule has 1 aromatic rings. The predicted molar refractivity (Wildman–Crippen MR) is 73.3 cm³/mol. The van der Waals surface area contributed by atoms with Gasteiger partial charge in [0.1, 0.15) is 5.78 Å². The van der Waals surface area contributed by atoms with Gasteiger partial charge in [-0.05, 0) is 30.0 Å². The Morgan fingerprint density at radius 3 is 1.90 bits per heavy atom. The number of benzene rings is 1. The van der Waals surface area contributed by atoms with Gasteiger partial charge in [-0.25, -0.2) is 0 Å². The Bertz CT molecular complexity index is 444. The lowest BCUT2D eigenvalue weighted by atomic mass is 9.82. The molecule has 0 saturated heterocycles. The summed E-state index contributed by atoms with van der Waals surface area (Å²) in [5, 5.41) is 0. The van der Waals surface area contributed by atoms with E-state index in [4.69, 9.17) is 0 Å². The van der Waals surface area contributed by atoms with Crippen LogP contribution in [0.2, 0.25) is 0 Å². The SMILES string of the molecule is CC(C)C(=O)C(Cc1ccc(C(F)(F)F)cc1)C(C)C. The number of hydrogen-bond acceptors (Lipinski definition) is 1. The average molecular weight is 286 g/mol. The molecule has 0 aliphatic rings. The molecule has 0 fully saturated rings. The lowest BCUT2D eigenvalue weighted by Gasteiger charge is -2.22. The summed E-state index contributed by atoms with van der Waals surface area (Å²) in [4.78, 5) is 12.1. The van der Waals surface area contributed by atoms with E-state index in [-0.39, 0.29) is 23.5 Å². The normalized spacial score (nSPS) is 13.8. The van der Waals surface area contributed by atoms with Crippen LogP contribution in [0.4, 0.5) is 13.2 Å².